The van der Waals surface area contributed by atoms with Crippen molar-refractivity contribution in [1.29, 1.82) is 0 Å². The highest BCUT2D eigenvalue weighted by molar-refractivity contribution is 5.74. The molecule has 118 valence electrons. The van der Waals surface area contributed by atoms with Gasteiger partial charge < -0.3 is 20.1 Å². The lowest BCUT2D eigenvalue weighted by molar-refractivity contribution is 0.236. The van der Waals surface area contributed by atoms with E-state index in [0.717, 1.165) is 11.4 Å². The predicted molar refractivity (Wildman–Crippen MR) is 85.6 cm³/mol. The summed E-state index contributed by atoms with van der Waals surface area (Å²) in [5, 5.41) is 5.76. The Hall–Kier alpha value is -2.57. The number of nitrogens with one attached hydrogen (secondary N) is 2. The minimum Gasteiger partial charge on any atom is -0.363 e. The molecule has 0 unspecified atom stereocenters. The monoisotopic (exact) mass is 302 g/mol. The van der Waals surface area contributed by atoms with Crippen molar-refractivity contribution in [2.75, 3.05) is 19.0 Å². The van der Waals surface area contributed by atoms with Crippen LogP contribution in [0.5, 0.6) is 0 Å². The summed E-state index contributed by atoms with van der Waals surface area (Å²) in [4.78, 5) is 22.1. The van der Waals surface area contributed by atoms with Crippen LogP contribution in [0.25, 0.3) is 0 Å². The first kappa shape index (κ1) is 15.8. The summed E-state index contributed by atoms with van der Waals surface area (Å²) in [5.41, 5.74) is 1.01. The van der Waals surface area contributed by atoms with E-state index in [1.54, 1.807) is 18.7 Å². The van der Waals surface area contributed by atoms with Crippen molar-refractivity contribution in [2.24, 2.45) is 0 Å². The normalized spacial score (nSPS) is 11.8. The van der Waals surface area contributed by atoms with Gasteiger partial charge in [0, 0.05) is 51.8 Å². The number of anilines is 1. The van der Waals surface area contributed by atoms with E-state index in [1.165, 1.54) is 0 Å². The van der Waals surface area contributed by atoms with Gasteiger partial charge in [-0.1, -0.05) is 0 Å². The zero-order chi connectivity index (χ0) is 15.9. The predicted octanol–water partition coefficient (Wildman–Crippen LogP) is 1.23. The number of imidazole rings is 1. The molecular weight excluding hydrogens is 280 g/mol. The zero-order valence-corrected chi connectivity index (χ0v) is 13.2. The van der Waals surface area contributed by atoms with Gasteiger partial charge in [-0.15, -0.1) is 0 Å². The van der Waals surface area contributed by atoms with E-state index < -0.39 is 0 Å². The summed E-state index contributed by atoms with van der Waals surface area (Å²) in [6.45, 7) is 3.11. The molecule has 22 heavy (non-hydrogen) atoms. The lowest BCUT2D eigenvalue weighted by Crippen LogP contribution is -2.42. The van der Waals surface area contributed by atoms with Gasteiger partial charge >= 0.3 is 6.03 Å². The second-order valence-corrected chi connectivity index (χ2v) is 5.40. The molecule has 0 bridgehead atoms. The Morgan fingerprint density at radius 3 is 2.91 bits per heavy atom. The lowest BCUT2D eigenvalue weighted by Gasteiger charge is -2.16. The molecule has 0 spiro atoms. The molecule has 0 aliphatic heterocycles. The Morgan fingerprint density at radius 2 is 2.23 bits per heavy atom. The Kier molecular flexibility index (Phi) is 5.35. The van der Waals surface area contributed by atoms with Crippen molar-refractivity contribution >= 4 is 11.8 Å². The first-order chi connectivity index (χ1) is 10.5. The summed E-state index contributed by atoms with van der Waals surface area (Å²) < 4.78 is 1.93. The number of nitrogens with zero attached hydrogens (tertiary/aromatic N) is 4. The molecule has 0 saturated heterocycles. The topological polar surface area (TPSA) is 75.1 Å². The molecule has 0 radical (unpaired) electrons. The van der Waals surface area contributed by atoms with Gasteiger partial charge in [0.15, 0.2) is 0 Å². The summed E-state index contributed by atoms with van der Waals surface area (Å²) in [7, 11) is 3.87. The van der Waals surface area contributed by atoms with Crippen molar-refractivity contribution in [3.63, 3.8) is 0 Å². The van der Waals surface area contributed by atoms with E-state index in [2.05, 4.69) is 20.6 Å². The van der Waals surface area contributed by atoms with Crippen molar-refractivity contribution in [1.82, 2.24) is 25.2 Å². The van der Waals surface area contributed by atoms with Crippen LogP contribution in [0, 0.1) is 0 Å². The highest BCUT2D eigenvalue weighted by atomic mass is 16.2. The van der Waals surface area contributed by atoms with Crippen molar-refractivity contribution in [3.05, 3.63) is 42.6 Å². The number of carbonyl (C=O) groups excluding carboxylic acids is 1. The first-order valence-corrected chi connectivity index (χ1v) is 7.17. The van der Waals surface area contributed by atoms with Crippen LogP contribution < -0.4 is 15.5 Å². The molecule has 7 nitrogen and oxygen atoms in total. The van der Waals surface area contributed by atoms with Crippen LogP contribution in [0.3, 0.4) is 0 Å². The fourth-order valence-electron chi connectivity index (χ4n) is 2.03. The van der Waals surface area contributed by atoms with Crippen LogP contribution in [0.2, 0.25) is 0 Å². The Labute approximate surface area is 130 Å². The molecule has 0 aliphatic carbocycles. The van der Waals surface area contributed by atoms with E-state index in [4.69, 9.17) is 0 Å². The minimum atomic E-state index is -0.184. The van der Waals surface area contributed by atoms with E-state index in [1.807, 2.05) is 48.8 Å². The second kappa shape index (κ2) is 7.44. The van der Waals surface area contributed by atoms with E-state index in [0.29, 0.717) is 13.1 Å². The molecule has 2 N–H and O–H groups in total. The maximum atomic E-state index is 11.9. The average Bonchev–Trinajstić information content (AvgIpc) is 2.98. The summed E-state index contributed by atoms with van der Waals surface area (Å²) in [5.74, 6) is 0.869. The SMILES string of the molecule is C[C@@H](Cn1ccnc1)NC(=O)NCc1ccnc(N(C)C)c1. The average molecular weight is 302 g/mol. The quantitative estimate of drug-likeness (QED) is 0.841. The number of carbonyl (C=O) groups is 1. The number of hydrogen-bond acceptors (Lipinski definition) is 4. The van der Waals surface area contributed by atoms with Crippen molar-refractivity contribution in [3.8, 4) is 0 Å². The van der Waals surface area contributed by atoms with E-state index in [-0.39, 0.29) is 12.1 Å². The van der Waals surface area contributed by atoms with Crippen molar-refractivity contribution < 1.29 is 4.79 Å². The zero-order valence-electron chi connectivity index (χ0n) is 13.2. The molecule has 7 heteroatoms. The first-order valence-electron chi connectivity index (χ1n) is 7.17. The van der Waals surface area contributed by atoms with E-state index >= 15 is 0 Å². The van der Waals surface area contributed by atoms with E-state index in [9.17, 15) is 4.79 Å². The second-order valence-electron chi connectivity index (χ2n) is 5.40. The maximum Gasteiger partial charge on any atom is 0.315 e. The third-order valence-corrected chi connectivity index (χ3v) is 3.14. The van der Waals surface area contributed by atoms with Crippen molar-refractivity contribution in [2.45, 2.75) is 26.1 Å². The number of rotatable bonds is 6. The summed E-state index contributed by atoms with van der Waals surface area (Å²) in [6, 6.07) is 3.68. The van der Waals surface area contributed by atoms with Crippen LogP contribution >= 0.6 is 0 Å². The highest BCUT2D eigenvalue weighted by Crippen LogP contribution is 2.09. The van der Waals surface area contributed by atoms with Crippen LogP contribution in [-0.2, 0) is 13.1 Å². The molecular formula is C15H22N6O. The molecule has 0 aliphatic rings. The molecule has 0 aromatic carbocycles. The van der Waals surface area contributed by atoms with Gasteiger partial charge in [0.1, 0.15) is 5.82 Å². The summed E-state index contributed by atoms with van der Waals surface area (Å²) in [6.07, 6.45) is 7.07. The Balaban J connectivity index is 1.78. The highest BCUT2D eigenvalue weighted by Gasteiger charge is 2.07. The van der Waals surface area contributed by atoms with Gasteiger partial charge in [-0.3, -0.25) is 0 Å². The molecule has 2 aromatic rings. The largest absolute Gasteiger partial charge is 0.363 e. The third kappa shape index (κ3) is 4.76. The number of aromatic nitrogens is 3. The minimum absolute atomic E-state index is 0.0176. The molecule has 2 heterocycles. The molecule has 2 rings (SSSR count). The van der Waals surface area contributed by atoms with Crippen LogP contribution in [0.1, 0.15) is 12.5 Å². The fourth-order valence-corrected chi connectivity index (χ4v) is 2.03. The van der Waals surface area contributed by atoms with Gasteiger partial charge in [-0.25, -0.2) is 14.8 Å². The Bertz CT molecular complexity index is 596. The number of urea groups is 1. The van der Waals surface area contributed by atoms with Gasteiger partial charge in [0.05, 0.1) is 6.33 Å². The fraction of sp³-hybridized carbons (Fsp3) is 0.400. The smallest absolute Gasteiger partial charge is 0.315 e. The van der Waals surface area contributed by atoms with Crippen LogP contribution in [0.4, 0.5) is 10.6 Å². The number of pyridine rings is 1. The molecule has 2 aromatic heterocycles. The molecule has 2 amide bonds. The number of hydrogen-bond donors (Lipinski definition) is 2. The molecule has 1 atom stereocenters. The molecule has 0 saturated carbocycles. The van der Waals surface area contributed by atoms with Gasteiger partial charge in [0.25, 0.3) is 0 Å². The standard InChI is InChI=1S/C15H22N6O/c1-12(10-21-7-6-16-11-21)19-15(22)18-9-13-4-5-17-14(8-13)20(2)3/h4-8,11-12H,9-10H2,1-3H3,(H2,18,19,22)/t12-/m0/s1. The lowest BCUT2D eigenvalue weighted by atomic mass is 10.2. The third-order valence-electron chi connectivity index (χ3n) is 3.14. The van der Waals surface area contributed by atoms with Crippen LogP contribution in [0.15, 0.2) is 37.1 Å². The van der Waals surface area contributed by atoms with Gasteiger partial charge in [-0.2, -0.15) is 0 Å². The van der Waals surface area contributed by atoms with Gasteiger partial charge in [0.2, 0.25) is 0 Å². The molecule has 0 fully saturated rings. The van der Waals surface area contributed by atoms with Gasteiger partial charge in [-0.05, 0) is 24.6 Å². The summed E-state index contributed by atoms with van der Waals surface area (Å²) >= 11 is 0. The Morgan fingerprint density at radius 1 is 1.41 bits per heavy atom. The van der Waals surface area contributed by atoms with Crippen LogP contribution in [-0.4, -0.2) is 40.7 Å². The maximum absolute atomic E-state index is 11.9. The number of amides is 2.